The van der Waals surface area contributed by atoms with Crippen LogP contribution in [0.1, 0.15) is 52.9 Å². The third-order valence-corrected chi connectivity index (χ3v) is 8.72. The van der Waals surface area contributed by atoms with Crippen molar-refractivity contribution in [2.24, 2.45) is 5.92 Å². The lowest BCUT2D eigenvalue weighted by molar-refractivity contribution is 0.363. The highest BCUT2D eigenvalue weighted by Gasteiger charge is 2.39. The predicted molar refractivity (Wildman–Crippen MR) is 83.1 cm³/mol. The van der Waals surface area contributed by atoms with E-state index in [2.05, 4.69) is 46.5 Å². The van der Waals surface area contributed by atoms with Gasteiger partial charge in [-0.1, -0.05) is 33.3 Å². The van der Waals surface area contributed by atoms with Crippen LogP contribution in [0.5, 0.6) is 0 Å². The Labute approximate surface area is 114 Å². The molecule has 18 heavy (non-hydrogen) atoms. The Kier molecular flexibility index (Phi) is 5.27. The Morgan fingerprint density at radius 3 is 2.61 bits per heavy atom. The zero-order valence-electron chi connectivity index (χ0n) is 12.9. The molecular weight excluding hydrogens is 236 g/mol. The number of rotatable bonds is 4. The summed E-state index contributed by atoms with van der Waals surface area (Å²) in [4.78, 5) is 0. The van der Waals surface area contributed by atoms with Crippen LogP contribution in [0.4, 0.5) is 0 Å². The molecule has 0 N–H and O–H groups in total. The molecule has 0 aromatic rings. The van der Waals surface area contributed by atoms with Crippen LogP contribution in [-0.4, -0.2) is 8.32 Å². The molecule has 2 heteroatoms. The highest BCUT2D eigenvalue weighted by molar-refractivity contribution is 6.74. The van der Waals surface area contributed by atoms with E-state index in [1.807, 2.05) is 6.08 Å². The van der Waals surface area contributed by atoms with Crippen LogP contribution in [0.3, 0.4) is 0 Å². The summed E-state index contributed by atoms with van der Waals surface area (Å²) in [5.74, 6) is 1.90. The van der Waals surface area contributed by atoms with Gasteiger partial charge in [0, 0.05) is 6.42 Å². The minimum Gasteiger partial charge on any atom is -0.547 e. The van der Waals surface area contributed by atoms with Crippen LogP contribution in [0.25, 0.3) is 0 Å². The van der Waals surface area contributed by atoms with Gasteiger partial charge < -0.3 is 4.43 Å². The molecule has 0 amide bonds. The van der Waals surface area contributed by atoms with Gasteiger partial charge in [-0.15, -0.1) is 6.58 Å². The smallest absolute Gasteiger partial charge is 0.250 e. The summed E-state index contributed by atoms with van der Waals surface area (Å²) in [6.07, 6.45) is 10.5. The van der Waals surface area contributed by atoms with Crippen LogP contribution in [0.2, 0.25) is 18.1 Å². The second-order valence-electron chi connectivity index (χ2n) is 7.03. The molecule has 0 aromatic heterocycles. The summed E-state index contributed by atoms with van der Waals surface area (Å²) >= 11 is 0. The topological polar surface area (TPSA) is 9.23 Å². The van der Waals surface area contributed by atoms with E-state index in [1.165, 1.54) is 25.0 Å². The first-order valence-electron chi connectivity index (χ1n) is 7.27. The molecule has 1 aliphatic carbocycles. The van der Waals surface area contributed by atoms with Crippen LogP contribution in [0, 0.1) is 5.92 Å². The average molecular weight is 267 g/mol. The normalized spacial score (nSPS) is 22.1. The van der Waals surface area contributed by atoms with Crippen molar-refractivity contribution in [3.8, 4) is 0 Å². The van der Waals surface area contributed by atoms with Crippen molar-refractivity contribution < 1.29 is 4.43 Å². The third-order valence-electron chi connectivity index (χ3n) is 4.33. The van der Waals surface area contributed by atoms with Gasteiger partial charge in [0.05, 0.1) is 5.76 Å². The van der Waals surface area contributed by atoms with Crippen molar-refractivity contribution in [2.75, 3.05) is 0 Å². The van der Waals surface area contributed by atoms with Gasteiger partial charge in [-0.2, -0.15) is 0 Å². The van der Waals surface area contributed by atoms with Crippen molar-refractivity contribution in [3.63, 3.8) is 0 Å². The standard InChI is InChI=1S/C16H30OSi/c1-7-10-14-11-8-9-12-15(13-14)17-18(5,6)16(2,3)4/h7,13-14H,1,8-12H2,2-6H3. The fourth-order valence-corrected chi connectivity index (χ4v) is 3.23. The molecule has 0 aliphatic heterocycles. The largest absolute Gasteiger partial charge is 0.547 e. The summed E-state index contributed by atoms with van der Waals surface area (Å²) in [6.45, 7) is 15.4. The Bertz CT molecular complexity index is 310. The summed E-state index contributed by atoms with van der Waals surface area (Å²) in [6, 6.07) is 0. The number of allylic oxidation sites excluding steroid dienone is 3. The van der Waals surface area contributed by atoms with Crippen molar-refractivity contribution in [1.82, 2.24) is 0 Å². The van der Waals surface area contributed by atoms with E-state index in [0.717, 1.165) is 12.8 Å². The quantitative estimate of drug-likeness (QED) is 0.471. The predicted octanol–water partition coefficient (Wildman–Crippen LogP) is 5.66. The molecule has 0 spiro atoms. The Hall–Kier alpha value is -0.503. The van der Waals surface area contributed by atoms with E-state index < -0.39 is 8.32 Å². The lowest BCUT2D eigenvalue weighted by Crippen LogP contribution is -2.40. The monoisotopic (exact) mass is 266 g/mol. The van der Waals surface area contributed by atoms with Gasteiger partial charge in [-0.3, -0.25) is 0 Å². The van der Waals surface area contributed by atoms with E-state index in [0.29, 0.717) is 5.92 Å². The highest BCUT2D eigenvalue weighted by Crippen LogP contribution is 2.39. The van der Waals surface area contributed by atoms with Crippen molar-refractivity contribution in [2.45, 2.75) is 71.0 Å². The average Bonchev–Trinajstić information content (AvgIpc) is 2.41. The minimum atomic E-state index is -1.66. The first-order valence-corrected chi connectivity index (χ1v) is 10.2. The third kappa shape index (κ3) is 4.31. The van der Waals surface area contributed by atoms with Crippen LogP contribution < -0.4 is 0 Å². The zero-order chi connectivity index (χ0) is 13.8. The van der Waals surface area contributed by atoms with Crippen molar-refractivity contribution >= 4 is 8.32 Å². The van der Waals surface area contributed by atoms with E-state index in [-0.39, 0.29) is 5.04 Å². The Morgan fingerprint density at radius 2 is 2.06 bits per heavy atom. The zero-order valence-corrected chi connectivity index (χ0v) is 13.9. The summed E-state index contributed by atoms with van der Waals surface area (Å²) in [5, 5.41) is 0.286. The van der Waals surface area contributed by atoms with E-state index in [4.69, 9.17) is 4.43 Å². The molecule has 1 unspecified atom stereocenters. The second kappa shape index (κ2) is 6.09. The van der Waals surface area contributed by atoms with Gasteiger partial charge in [0.1, 0.15) is 0 Å². The maximum atomic E-state index is 6.47. The fraction of sp³-hybridized carbons (Fsp3) is 0.750. The molecule has 0 fully saturated rings. The summed E-state index contributed by atoms with van der Waals surface area (Å²) in [5.41, 5.74) is 0. The molecule has 0 saturated heterocycles. The van der Waals surface area contributed by atoms with Gasteiger partial charge in [0.25, 0.3) is 0 Å². The Balaban J connectivity index is 2.77. The fourth-order valence-electron chi connectivity index (χ4n) is 2.10. The molecule has 0 radical (unpaired) electrons. The maximum Gasteiger partial charge on any atom is 0.250 e. The first kappa shape index (κ1) is 15.6. The van der Waals surface area contributed by atoms with E-state index >= 15 is 0 Å². The molecule has 1 aliphatic rings. The summed E-state index contributed by atoms with van der Waals surface area (Å²) < 4.78 is 6.47. The molecule has 1 nitrogen and oxygen atoms in total. The van der Waals surface area contributed by atoms with Crippen molar-refractivity contribution in [1.29, 1.82) is 0 Å². The SMILES string of the molecule is C=CCC1C=C(O[Si](C)(C)C(C)(C)C)CCCC1. The molecular formula is C16H30OSi. The molecule has 1 atom stereocenters. The van der Waals surface area contributed by atoms with Gasteiger partial charge in [-0.25, -0.2) is 0 Å². The van der Waals surface area contributed by atoms with Gasteiger partial charge in [-0.05, 0) is 49.4 Å². The van der Waals surface area contributed by atoms with Crippen LogP contribution >= 0.6 is 0 Å². The van der Waals surface area contributed by atoms with Gasteiger partial charge in [0.15, 0.2) is 0 Å². The van der Waals surface area contributed by atoms with Gasteiger partial charge in [0.2, 0.25) is 8.32 Å². The lowest BCUT2D eigenvalue weighted by atomic mass is 10.0. The molecule has 1 rings (SSSR count). The van der Waals surface area contributed by atoms with E-state index in [1.54, 1.807) is 0 Å². The van der Waals surface area contributed by atoms with Gasteiger partial charge >= 0.3 is 0 Å². The molecule has 0 bridgehead atoms. The first-order chi connectivity index (χ1) is 8.26. The Morgan fingerprint density at radius 1 is 1.39 bits per heavy atom. The molecule has 104 valence electrons. The van der Waals surface area contributed by atoms with Crippen LogP contribution in [-0.2, 0) is 4.43 Å². The number of hydrogen-bond donors (Lipinski definition) is 0. The molecule has 0 aromatic carbocycles. The molecule has 0 saturated carbocycles. The van der Waals surface area contributed by atoms with Crippen LogP contribution in [0.15, 0.2) is 24.5 Å². The van der Waals surface area contributed by atoms with Crippen molar-refractivity contribution in [3.05, 3.63) is 24.5 Å². The second-order valence-corrected chi connectivity index (χ2v) is 11.8. The molecule has 0 heterocycles. The lowest BCUT2D eigenvalue weighted by Gasteiger charge is -2.37. The minimum absolute atomic E-state index is 0.286. The summed E-state index contributed by atoms with van der Waals surface area (Å²) in [7, 11) is -1.66. The van der Waals surface area contributed by atoms with E-state index in [9.17, 15) is 0 Å². The number of hydrogen-bond acceptors (Lipinski definition) is 1. The maximum absolute atomic E-state index is 6.47. The highest BCUT2D eigenvalue weighted by atomic mass is 28.4.